The highest BCUT2D eigenvalue weighted by molar-refractivity contribution is 6.00. The first-order chi connectivity index (χ1) is 7.25. The number of aryl methyl sites for hydroxylation is 2. The number of carbonyl (C=O) groups is 1. The van der Waals surface area contributed by atoms with Crippen molar-refractivity contribution in [1.29, 1.82) is 0 Å². The molecule has 0 bridgehead atoms. The summed E-state index contributed by atoms with van der Waals surface area (Å²) in [5, 5.41) is 2.46. The van der Waals surface area contributed by atoms with Crippen molar-refractivity contribution in [3.63, 3.8) is 0 Å². The fourth-order valence-corrected chi connectivity index (χ4v) is 2.42. The molecule has 0 atom stereocenters. The normalized spacial score (nSPS) is 13.3. The van der Waals surface area contributed by atoms with E-state index in [9.17, 15) is 4.79 Å². The van der Waals surface area contributed by atoms with E-state index in [0.29, 0.717) is 5.56 Å². The van der Waals surface area contributed by atoms with Gasteiger partial charge in [-0.25, -0.2) is 0 Å². The minimum absolute atomic E-state index is 0.342. The highest BCUT2D eigenvalue weighted by Gasteiger charge is 2.15. The van der Waals surface area contributed by atoms with Gasteiger partial charge in [-0.15, -0.1) is 0 Å². The van der Waals surface area contributed by atoms with Crippen molar-refractivity contribution in [1.82, 2.24) is 0 Å². The lowest BCUT2D eigenvalue weighted by atomic mass is 10.0. The predicted octanol–water partition coefficient (Wildman–Crippen LogP) is 2.04. The molecule has 3 rings (SSSR count). The quantitative estimate of drug-likeness (QED) is 0.746. The lowest BCUT2D eigenvalue weighted by Crippen LogP contribution is -2.11. The zero-order valence-electron chi connectivity index (χ0n) is 8.29. The fourth-order valence-electron chi connectivity index (χ4n) is 2.42. The van der Waals surface area contributed by atoms with Gasteiger partial charge in [0.2, 0.25) is 5.91 Å². The Labute approximate surface area is 87.7 Å². The first-order valence-electron chi connectivity index (χ1n) is 5.10. The number of benzene rings is 2. The summed E-state index contributed by atoms with van der Waals surface area (Å²) in [4.78, 5) is 11.2. The van der Waals surface area contributed by atoms with Crippen molar-refractivity contribution < 1.29 is 4.79 Å². The van der Waals surface area contributed by atoms with E-state index in [4.69, 9.17) is 5.73 Å². The highest BCUT2D eigenvalue weighted by Crippen LogP contribution is 2.31. The maximum absolute atomic E-state index is 11.2. The lowest BCUT2D eigenvalue weighted by molar-refractivity contribution is 0.100. The van der Waals surface area contributed by atoms with E-state index in [1.165, 1.54) is 16.5 Å². The van der Waals surface area contributed by atoms with Crippen molar-refractivity contribution in [2.45, 2.75) is 12.8 Å². The molecule has 15 heavy (non-hydrogen) atoms. The molecule has 74 valence electrons. The lowest BCUT2D eigenvalue weighted by Gasteiger charge is -2.03. The number of primary amides is 1. The summed E-state index contributed by atoms with van der Waals surface area (Å²) in [5.41, 5.74) is 8.58. The molecule has 0 fully saturated rings. The van der Waals surface area contributed by atoms with Crippen LogP contribution in [0.15, 0.2) is 30.3 Å². The van der Waals surface area contributed by atoms with E-state index in [0.717, 1.165) is 18.2 Å². The summed E-state index contributed by atoms with van der Waals surface area (Å²) in [5.74, 6) is -0.342. The van der Waals surface area contributed by atoms with Gasteiger partial charge in [-0.2, -0.15) is 0 Å². The van der Waals surface area contributed by atoms with E-state index in [-0.39, 0.29) is 5.91 Å². The summed E-state index contributed by atoms with van der Waals surface area (Å²) < 4.78 is 0. The van der Waals surface area contributed by atoms with Gasteiger partial charge in [0.25, 0.3) is 0 Å². The van der Waals surface area contributed by atoms with E-state index in [2.05, 4.69) is 6.07 Å². The summed E-state index contributed by atoms with van der Waals surface area (Å²) in [7, 11) is 0. The molecule has 0 saturated heterocycles. The largest absolute Gasteiger partial charge is 0.366 e. The van der Waals surface area contributed by atoms with Crippen molar-refractivity contribution in [3.8, 4) is 0 Å². The molecule has 0 heterocycles. The van der Waals surface area contributed by atoms with Gasteiger partial charge in [-0.3, -0.25) is 4.79 Å². The minimum atomic E-state index is -0.342. The average Bonchev–Trinajstić information content (AvgIpc) is 2.64. The number of hydrogen-bond acceptors (Lipinski definition) is 1. The maximum Gasteiger partial charge on any atom is 0.248 e. The van der Waals surface area contributed by atoms with Crippen molar-refractivity contribution in [3.05, 3.63) is 47.0 Å². The third kappa shape index (κ3) is 1.14. The zero-order valence-corrected chi connectivity index (χ0v) is 8.29. The SMILES string of the molecule is NC(=O)c1cc2c3c(cccc3c1)CC2. The molecule has 0 spiro atoms. The maximum atomic E-state index is 11.2. The molecule has 2 nitrogen and oxygen atoms in total. The Hall–Kier alpha value is -1.83. The van der Waals surface area contributed by atoms with Crippen LogP contribution in [-0.4, -0.2) is 5.91 Å². The minimum Gasteiger partial charge on any atom is -0.366 e. The van der Waals surface area contributed by atoms with Gasteiger partial charge in [0.05, 0.1) is 0 Å². The molecule has 0 aliphatic heterocycles. The van der Waals surface area contributed by atoms with Crippen LogP contribution in [0.2, 0.25) is 0 Å². The van der Waals surface area contributed by atoms with Crippen LogP contribution in [0.5, 0.6) is 0 Å². The van der Waals surface area contributed by atoms with Gasteiger partial charge in [-0.05, 0) is 46.9 Å². The molecule has 1 amide bonds. The molecule has 2 N–H and O–H groups in total. The molecule has 0 radical (unpaired) electrons. The summed E-state index contributed by atoms with van der Waals surface area (Å²) in [6.07, 6.45) is 2.10. The van der Waals surface area contributed by atoms with Gasteiger partial charge in [0.15, 0.2) is 0 Å². The fraction of sp³-hybridized carbons (Fsp3) is 0.154. The van der Waals surface area contributed by atoms with E-state index in [1.807, 2.05) is 24.3 Å². The van der Waals surface area contributed by atoms with Crippen LogP contribution in [0, 0.1) is 0 Å². The van der Waals surface area contributed by atoms with Crippen LogP contribution in [0.4, 0.5) is 0 Å². The van der Waals surface area contributed by atoms with Crippen molar-refractivity contribution >= 4 is 16.7 Å². The standard InChI is InChI=1S/C13H11NO/c14-13(15)11-6-9-3-1-2-8-4-5-10(7-11)12(8)9/h1-3,6-7H,4-5H2,(H2,14,15). The van der Waals surface area contributed by atoms with E-state index in [1.54, 1.807) is 0 Å². The predicted molar refractivity (Wildman–Crippen MR) is 59.9 cm³/mol. The molecule has 2 aromatic rings. The Kier molecular flexibility index (Phi) is 1.60. The third-order valence-electron chi connectivity index (χ3n) is 3.09. The first kappa shape index (κ1) is 8.48. The second-order valence-corrected chi connectivity index (χ2v) is 4.01. The second-order valence-electron chi connectivity index (χ2n) is 4.01. The van der Waals surface area contributed by atoms with E-state index >= 15 is 0 Å². The molecule has 0 unspecified atom stereocenters. The van der Waals surface area contributed by atoms with Crippen LogP contribution in [-0.2, 0) is 12.8 Å². The van der Waals surface area contributed by atoms with E-state index < -0.39 is 0 Å². The number of hydrogen-bond donors (Lipinski definition) is 1. The van der Waals surface area contributed by atoms with Crippen LogP contribution in [0.1, 0.15) is 21.5 Å². The topological polar surface area (TPSA) is 43.1 Å². The number of nitrogens with two attached hydrogens (primary N) is 1. The van der Waals surface area contributed by atoms with Gasteiger partial charge in [-0.1, -0.05) is 18.2 Å². The van der Waals surface area contributed by atoms with Crippen LogP contribution < -0.4 is 5.73 Å². The molecular weight excluding hydrogens is 186 g/mol. The zero-order chi connectivity index (χ0) is 10.4. The summed E-state index contributed by atoms with van der Waals surface area (Å²) in [6.45, 7) is 0. The summed E-state index contributed by atoms with van der Waals surface area (Å²) in [6, 6.07) is 10.1. The van der Waals surface area contributed by atoms with Crippen LogP contribution in [0.3, 0.4) is 0 Å². The molecule has 2 aromatic carbocycles. The van der Waals surface area contributed by atoms with Gasteiger partial charge in [0.1, 0.15) is 0 Å². The monoisotopic (exact) mass is 197 g/mol. The smallest absolute Gasteiger partial charge is 0.248 e. The second kappa shape index (κ2) is 2.83. The number of carbonyl (C=O) groups excluding carboxylic acids is 1. The van der Waals surface area contributed by atoms with Gasteiger partial charge >= 0.3 is 0 Å². The molecule has 2 heteroatoms. The van der Waals surface area contributed by atoms with Crippen LogP contribution in [0.25, 0.3) is 10.8 Å². The van der Waals surface area contributed by atoms with Crippen LogP contribution >= 0.6 is 0 Å². The Balaban J connectivity index is 2.41. The molecule has 1 aliphatic rings. The molecule has 1 aliphatic carbocycles. The van der Waals surface area contributed by atoms with Crippen molar-refractivity contribution in [2.24, 2.45) is 5.73 Å². The Morgan fingerprint density at radius 1 is 1.13 bits per heavy atom. The average molecular weight is 197 g/mol. The third-order valence-corrected chi connectivity index (χ3v) is 3.09. The van der Waals surface area contributed by atoms with Gasteiger partial charge in [0, 0.05) is 5.56 Å². The highest BCUT2D eigenvalue weighted by atomic mass is 16.1. The number of amides is 1. The Bertz CT molecular complexity index is 572. The molecule has 0 saturated carbocycles. The molecule has 0 aromatic heterocycles. The van der Waals surface area contributed by atoms with Gasteiger partial charge < -0.3 is 5.73 Å². The Morgan fingerprint density at radius 2 is 1.93 bits per heavy atom. The Morgan fingerprint density at radius 3 is 2.73 bits per heavy atom. The number of rotatable bonds is 1. The molecular formula is C13H11NO. The summed E-state index contributed by atoms with van der Waals surface area (Å²) >= 11 is 0. The first-order valence-corrected chi connectivity index (χ1v) is 5.10. The van der Waals surface area contributed by atoms with Crippen molar-refractivity contribution in [2.75, 3.05) is 0 Å².